The lowest BCUT2D eigenvalue weighted by molar-refractivity contribution is 0.0692. The van der Waals surface area contributed by atoms with Crippen LogP contribution in [0.4, 0.5) is 5.69 Å². The molecular formula is C11H10N4O5S. The van der Waals surface area contributed by atoms with Crippen LogP contribution in [0.25, 0.3) is 0 Å². The Morgan fingerprint density at radius 2 is 1.90 bits per heavy atom. The number of aromatic amines is 1. The molecule has 1 heterocycles. The molecule has 2 rings (SSSR count). The SMILES string of the molecule is NC(=O)c1ccccc1NS(=O)(=O)c1[nH]ncc1C(=O)O. The van der Waals surface area contributed by atoms with Gasteiger partial charge in [0.15, 0.2) is 5.03 Å². The molecule has 0 aliphatic heterocycles. The first-order valence-electron chi connectivity index (χ1n) is 5.51. The van der Waals surface area contributed by atoms with E-state index < -0.39 is 32.5 Å². The summed E-state index contributed by atoms with van der Waals surface area (Å²) in [4.78, 5) is 22.2. The minimum absolute atomic E-state index is 0.0440. The normalized spacial score (nSPS) is 11.0. The Morgan fingerprint density at radius 1 is 1.24 bits per heavy atom. The summed E-state index contributed by atoms with van der Waals surface area (Å²) in [7, 11) is -4.26. The number of anilines is 1. The average Bonchev–Trinajstić information content (AvgIpc) is 2.88. The van der Waals surface area contributed by atoms with Crippen LogP contribution in [0.5, 0.6) is 0 Å². The minimum atomic E-state index is -4.26. The number of H-pyrrole nitrogens is 1. The molecule has 0 saturated heterocycles. The van der Waals surface area contributed by atoms with Crippen LogP contribution in [0.15, 0.2) is 35.5 Å². The number of nitrogens with zero attached hydrogens (tertiary/aromatic N) is 1. The lowest BCUT2D eigenvalue weighted by atomic mass is 10.2. The molecule has 0 fully saturated rings. The van der Waals surface area contributed by atoms with Gasteiger partial charge in [-0.1, -0.05) is 12.1 Å². The Bertz CT molecular complexity index is 812. The third-order valence-corrected chi connectivity index (χ3v) is 3.88. The van der Waals surface area contributed by atoms with E-state index in [1.54, 1.807) is 0 Å². The van der Waals surface area contributed by atoms with Crippen LogP contribution in [0.1, 0.15) is 20.7 Å². The van der Waals surface area contributed by atoms with Crippen molar-refractivity contribution < 1.29 is 23.1 Å². The highest BCUT2D eigenvalue weighted by Crippen LogP contribution is 2.20. The average molecular weight is 310 g/mol. The number of benzene rings is 1. The summed E-state index contributed by atoms with van der Waals surface area (Å²) < 4.78 is 26.4. The van der Waals surface area contributed by atoms with Gasteiger partial charge in [0.1, 0.15) is 5.56 Å². The predicted molar refractivity (Wildman–Crippen MR) is 71.3 cm³/mol. The molecule has 0 aliphatic rings. The van der Waals surface area contributed by atoms with Gasteiger partial charge in [-0.05, 0) is 12.1 Å². The zero-order valence-electron chi connectivity index (χ0n) is 10.4. The topological polar surface area (TPSA) is 155 Å². The fourth-order valence-corrected chi connectivity index (χ4v) is 2.79. The van der Waals surface area contributed by atoms with Crippen molar-refractivity contribution >= 4 is 27.6 Å². The number of hydrogen-bond donors (Lipinski definition) is 4. The molecule has 1 amide bonds. The highest BCUT2D eigenvalue weighted by atomic mass is 32.2. The summed E-state index contributed by atoms with van der Waals surface area (Å²) in [5.41, 5.74) is 4.52. The first kappa shape index (κ1) is 14.5. The number of nitrogens with one attached hydrogen (secondary N) is 2. The zero-order chi connectivity index (χ0) is 15.6. The van der Waals surface area contributed by atoms with Crippen LogP contribution in [0.2, 0.25) is 0 Å². The van der Waals surface area contributed by atoms with Crippen LogP contribution < -0.4 is 10.5 Å². The number of primary amides is 1. The lowest BCUT2D eigenvalue weighted by Crippen LogP contribution is -2.20. The number of para-hydroxylation sites is 1. The smallest absolute Gasteiger partial charge is 0.340 e. The second kappa shape index (κ2) is 5.25. The van der Waals surface area contributed by atoms with Crippen molar-refractivity contribution in [2.24, 2.45) is 5.73 Å². The first-order chi connectivity index (χ1) is 9.83. The second-order valence-electron chi connectivity index (χ2n) is 3.93. The van der Waals surface area contributed by atoms with Crippen molar-refractivity contribution in [2.75, 3.05) is 4.72 Å². The molecule has 1 aromatic carbocycles. The molecule has 0 radical (unpaired) electrons. The first-order valence-corrected chi connectivity index (χ1v) is 6.99. The molecule has 0 saturated carbocycles. The van der Waals surface area contributed by atoms with E-state index in [9.17, 15) is 18.0 Å². The summed E-state index contributed by atoms with van der Waals surface area (Å²) in [6.45, 7) is 0. The van der Waals surface area contributed by atoms with E-state index in [1.807, 2.05) is 0 Å². The third kappa shape index (κ3) is 2.84. The fourth-order valence-electron chi connectivity index (χ4n) is 1.61. The van der Waals surface area contributed by atoms with Crippen molar-refractivity contribution in [3.63, 3.8) is 0 Å². The molecule has 21 heavy (non-hydrogen) atoms. The molecule has 0 spiro atoms. The summed E-state index contributed by atoms with van der Waals surface area (Å²) in [5.74, 6) is -2.27. The maximum atomic E-state index is 12.2. The van der Waals surface area contributed by atoms with Crippen molar-refractivity contribution in [1.29, 1.82) is 0 Å². The fraction of sp³-hybridized carbons (Fsp3) is 0. The van der Waals surface area contributed by atoms with Gasteiger partial charge in [0.25, 0.3) is 15.9 Å². The number of amides is 1. The van der Waals surface area contributed by atoms with Gasteiger partial charge in [-0.3, -0.25) is 14.6 Å². The van der Waals surface area contributed by atoms with E-state index in [-0.39, 0.29) is 11.3 Å². The number of carbonyl (C=O) groups excluding carboxylic acids is 1. The van der Waals surface area contributed by atoms with E-state index >= 15 is 0 Å². The van der Waals surface area contributed by atoms with Gasteiger partial charge < -0.3 is 10.8 Å². The number of nitrogens with two attached hydrogens (primary N) is 1. The highest BCUT2D eigenvalue weighted by molar-refractivity contribution is 7.92. The summed E-state index contributed by atoms with van der Waals surface area (Å²) in [6.07, 6.45) is 0.872. The van der Waals surface area contributed by atoms with Crippen LogP contribution in [-0.4, -0.2) is 35.6 Å². The number of sulfonamides is 1. The Kier molecular flexibility index (Phi) is 3.63. The molecule has 10 heteroatoms. The maximum absolute atomic E-state index is 12.2. The number of rotatable bonds is 5. The van der Waals surface area contributed by atoms with Crippen LogP contribution in [0, 0.1) is 0 Å². The standard InChI is InChI=1S/C11H10N4O5S/c12-9(16)6-3-1-2-4-8(6)15-21(19,20)10-7(11(17)18)5-13-14-10/h1-5,15H,(H2,12,16)(H,13,14)(H,17,18). The van der Waals surface area contributed by atoms with Gasteiger partial charge in [-0.15, -0.1) is 0 Å². The Balaban J connectivity index is 2.46. The van der Waals surface area contributed by atoms with E-state index in [0.717, 1.165) is 6.20 Å². The van der Waals surface area contributed by atoms with Gasteiger partial charge in [0.2, 0.25) is 0 Å². The van der Waals surface area contributed by atoms with Crippen molar-refractivity contribution in [2.45, 2.75) is 5.03 Å². The highest BCUT2D eigenvalue weighted by Gasteiger charge is 2.26. The molecule has 1 aromatic heterocycles. The molecule has 9 nitrogen and oxygen atoms in total. The Labute approximate surface area is 118 Å². The van der Waals surface area contributed by atoms with Crippen LogP contribution in [-0.2, 0) is 10.0 Å². The monoisotopic (exact) mass is 310 g/mol. The minimum Gasteiger partial charge on any atom is -0.478 e. The number of aromatic nitrogens is 2. The molecule has 110 valence electrons. The van der Waals surface area contributed by atoms with Crippen LogP contribution in [0.3, 0.4) is 0 Å². The second-order valence-corrected chi connectivity index (χ2v) is 5.55. The number of carboxylic acid groups (broad SMARTS) is 1. The summed E-state index contributed by atoms with van der Waals surface area (Å²) in [6, 6.07) is 5.67. The summed E-state index contributed by atoms with van der Waals surface area (Å²) >= 11 is 0. The molecular weight excluding hydrogens is 300 g/mol. The largest absolute Gasteiger partial charge is 0.478 e. The van der Waals surface area contributed by atoms with Crippen molar-refractivity contribution in [3.8, 4) is 0 Å². The predicted octanol–water partition coefficient (Wildman–Crippen LogP) is 0.00760. The molecule has 0 aliphatic carbocycles. The quantitative estimate of drug-likeness (QED) is 0.609. The number of carbonyl (C=O) groups is 2. The molecule has 0 unspecified atom stereocenters. The summed E-state index contributed by atoms with van der Waals surface area (Å²) in [5, 5.41) is 13.8. The van der Waals surface area contributed by atoms with Crippen LogP contribution >= 0.6 is 0 Å². The van der Waals surface area contributed by atoms with E-state index in [1.165, 1.54) is 24.3 Å². The Morgan fingerprint density at radius 3 is 2.52 bits per heavy atom. The molecule has 0 bridgehead atoms. The molecule has 0 atom stereocenters. The van der Waals surface area contributed by atoms with Crippen molar-refractivity contribution in [3.05, 3.63) is 41.6 Å². The van der Waals surface area contributed by atoms with E-state index in [4.69, 9.17) is 10.8 Å². The maximum Gasteiger partial charge on any atom is 0.340 e. The van der Waals surface area contributed by atoms with Gasteiger partial charge in [-0.2, -0.15) is 13.5 Å². The van der Waals surface area contributed by atoms with Gasteiger partial charge in [0.05, 0.1) is 17.4 Å². The van der Waals surface area contributed by atoms with Crippen molar-refractivity contribution in [1.82, 2.24) is 10.2 Å². The van der Waals surface area contributed by atoms with E-state index in [0.29, 0.717) is 0 Å². The number of aromatic carboxylic acids is 1. The number of carboxylic acids is 1. The zero-order valence-corrected chi connectivity index (χ0v) is 11.2. The third-order valence-electron chi connectivity index (χ3n) is 2.54. The number of hydrogen-bond acceptors (Lipinski definition) is 5. The lowest BCUT2D eigenvalue weighted by Gasteiger charge is -2.10. The molecule has 2 aromatic rings. The van der Waals surface area contributed by atoms with Gasteiger partial charge in [0, 0.05) is 0 Å². The Hall–Kier alpha value is -2.88. The van der Waals surface area contributed by atoms with Gasteiger partial charge in [-0.25, -0.2) is 4.79 Å². The van der Waals surface area contributed by atoms with Gasteiger partial charge >= 0.3 is 5.97 Å². The van der Waals surface area contributed by atoms with E-state index in [2.05, 4.69) is 14.9 Å². The molecule has 5 N–H and O–H groups in total.